The lowest BCUT2D eigenvalue weighted by molar-refractivity contribution is 0.669. The molecule has 0 unspecified atom stereocenters. The van der Waals surface area contributed by atoms with E-state index in [1.807, 2.05) is 47.7 Å². The van der Waals surface area contributed by atoms with Crippen LogP contribution in [0.1, 0.15) is 0 Å². The lowest BCUT2D eigenvalue weighted by atomic mass is 10.0. The second-order valence-corrected chi connectivity index (χ2v) is 14.1. The Bertz CT molecular complexity index is 3080. The predicted octanol–water partition coefficient (Wildman–Crippen LogP) is 12.8. The van der Waals surface area contributed by atoms with Gasteiger partial charge in [0.15, 0.2) is 5.82 Å². The van der Waals surface area contributed by atoms with Crippen LogP contribution >= 0.6 is 11.3 Å². The maximum atomic E-state index is 6.33. The summed E-state index contributed by atoms with van der Waals surface area (Å²) in [5.41, 5.74) is 10.2. The quantitative estimate of drug-likeness (QED) is 0.187. The van der Waals surface area contributed by atoms with Gasteiger partial charge in [-0.05, 0) is 54.6 Å². The molecule has 0 fully saturated rings. The van der Waals surface area contributed by atoms with Gasteiger partial charge in [0.05, 0.1) is 22.4 Å². The summed E-state index contributed by atoms with van der Waals surface area (Å²) in [6.45, 7) is 0. The molecule has 7 aromatic carbocycles. The van der Waals surface area contributed by atoms with E-state index in [4.69, 9.17) is 14.4 Å². The van der Waals surface area contributed by atoms with Crippen LogP contribution in [0.5, 0.6) is 0 Å². The average Bonchev–Trinajstić information content (AvgIpc) is 3.86. The van der Waals surface area contributed by atoms with Crippen molar-refractivity contribution in [3.8, 4) is 39.6 Å². The Morgan fingerprint density at radius 2 is 1.20 bits per heavy atom. The number of fused-ring (bicyclic) bond motifs is 9. The average molecular weight is 670 g/mol. The fraction of sp³-hybridized carbons (Fsp3) is 0. The Morgan fingerprint density at radius 1 is 0.451 bits per heavy atom. The first kappa shape index (κ1) is 28.3. The fourth-order valence-electron chi connectivity index (χ4n) is 7.69. The molecule has 4 aromatic heterocycles. The highest BCUT2D eigenvalue weighted by atomic mass is 32.1. The summed E-state index contributed by atoms with van der Waals surface area (Å²) in [4.78, 5) is 10.3. The van der Waals surface area contributed by atoms with E-state index in [2.05, 4.69) is 132 Å². The molecular weight excluding hydrogens is 643 g/mol. The molecule has 0 aliphatic carbocycles. The highest BCUT2D eigenvalue weighted by Gasteiger charge is 2.19. The minimum absolute atomic E-state index is 0.715. The molecular formula is C46H27N3OS. The van der Waals surface area contributed by atoms with Crippen LogP contribution in [-0.4, -0.2) is 14.5 Å². The zero-order valence-corrected chi connectivity index (χ0v) is 28.1. The van der Waals surface area contributed by atoms with E-state index in [-0.39, 0.29) is 0 Å². The van der Waals surface area contributed by atoms with E-state index in [1.54, 1.807) is 0 Å². The third kappa shape index (κ3) is 4.38. The fourth-order valence-corrected chi connectivity index (χ4v) is 8.80. The van der Waals surface area contributed by atoms with Crippen molar-refractivity contribution >= 4 is 75.3 Å². The van der Waals surface area contributed by atoms with Gasteiger partial charge in [0.1, 0.15) is 11.2 Å². The minimum atomic E-state index is 0.715. The van der Waals surface area contributed by atoms with Crippen LogP contribution in [0.15, 0.2) is 168 Å². The summed E-state index contributed by atoms with van der Waals surface area (Å²) >= 11 is 1.82. The minimum Gasteiger partial charge on any atom is -0.456 e. The SMILES string of the molecule is c1ccc(-c2cc(-c3cccc4sc5ccc(-n6c7ccccc7c7cc8oc9ccccc9c8cc76)cc5c34)nc(-c3ccccc3)n2)cc1. The van der Waals surface area contributed by atoms with E-state index < -0.39 is 0 Å². The topological polar surface area (TPSA) is 43.9 Å². The Labute approximate surface area is 296 Å². The first-order valence-electron chi connectivity index (χ1n) is 17.1. The number of para-hydroxylation sites is 2. The maximum Gasteiger partial charge on any atom is 0.160 e. The molecule has 0 saturated carbocycles. The molecule has 4 nitrogen and oxygen atoms in total. The zero-order valence-electron chi connectivity index (χ0n) is 27.2. The molecule has 0 saturated heterocycles. The van der Waals surface area contributed by atoms with Gasteiger partial charge in [-0.15, -0.1) is 11.3 Å². The number of rotatable bonds is 4. The number of nitrogens with zero attached hydrogens (tertiary/aromatic N) is 3. The molecule has 0 N–H and O–H groups in total. The second-order valence-electron chi connectivity index (χ2n) is 13.0. The third-order valence-corrected chi connectivity index (χ3v) is 11.1. The van der Waals surface area contributed by atoms with Gasteiger partial charge >= 0.3 is 0 Å². The van der Waals surface area contributed by atoms with Crippen LogP contribution < -0.4 is 0 Å². The van der Waals surface area contributed by atoms with Gasteiger partial charge in [-0.25, -0.2) is 9.97 Å². The molecule has 51 heavy (non-hydrogen) atoms. The van der Waals surface area contributed by atoms with Gasteiger partial charge in [0, 0.05) is 64.1 Å². The normalized spacial score (nSPS) is 11.9. The van der Waals surface area contributed by atoms with Gasteiger partial charge in [-0.1, -0.05) is 109 Å². The molecule has 0 radical (unpaired) electrons. The lowest BCUT2D eigenvalue weighted by Crippen LogP contribution is -1.96. The van der Waals surface area contributed by atoms with E-state index in [0.29, 0.717) is 5.82 Å². The first-order chi connectivity index (χ1) is 25.3. The van der Waals surface area contributed by atoms with Crippen molar-refractivity contribution in [2.45, 2.75) is 0 Å². The van der Waals surface area contributed by atoms with Gasteiger partial charge < -0.3 is 8.98 Å². The van der Waals surface area contributed by atoms with Crippen LogP contribution in [0.25, 0.3) is 104 Å². The van der Waals surface area contributed by atoms with Gasteiger partial charge in [0.25, 0.3) is 0 Å². The van der Waals surface area contributed by atoms with Gasteiger partial charge in [-0.2, -0.15) is 0 Å². The molecule has 0 spiro atoms. The van der Waals surface area contributed by atoms with E-state index in [9.17, 15) is 0 Å². The standard InChI is InChI=1S/C46H27N3OS/c1-3-12-28(13-4-1)37-27-38(48-46(47-37)29-14-5-2-6-15-29)33-18-11-21-44-45(33)36-24-30(22-23-43(36)51-44)49-39-19-9-7-16-31(39)34-26-42-35(25-40(34)49)32-17-8-10-20-41(32)50-42/h1-27H. The number of hydrogen-bond acceptors (Lipinski definition) is 4. The van der Waals surface area contributed by atoms with Crippen LogP contribution in [0.2, 0.25) is 0 Å². The van der Waals surface area contributed by atoms with Crippen LogP contribution in [0.4, 0.5) is 0 Å². The van der Waals surface area contributed by atoms with Crippen molar-refractivity contribution < 1.29 is 4.42 Å². The van der Waals surface area contributed by atoms with Crippen molar-refractivity contribution in [1.29, 1.82) is 0 Å². The first-order valence-corrected chi connectivity index (χ1v) is 17.9. The maximum absolute atomic E-state index is 6.33. The summed E-state index contributed by atoms with van der Waals surface area (Å²) in [7, 11) is 0. The molecule has 0 atom stereocenters. The molecule has 4 heterocycles. The van der Waals surface area contributed by atoms with Crippen molar-refractivity contribution in [3.63, 3.8) is 0 Å². The van der Waals surface area contributed by atoms with Crippen molar-refractivity contribution in [3.05, 3.63) is 164 Å². The summed E-state index contributed by atoms with van der Waals surface area (Å²) in [6.07, 6.45) is 0. The number of furan rings is 1. The number of benzene rings is 7. The highest BCUT2D eigenvalue weighted by Crippen LogP contribution is 2.43. The Morgan fingerprint density at radius 3 is 2.06 bits per heavy atom. The lowest BCUT2D eigenvalue weighted by Gasteiger charge is -2.11. The van der Waals surface area contributed by atoms with Crippen LogP contribution in [-0.2, 0) is 0 Å². The number of thiophene rings is 1. The zero-order chi connectivity index (χ0) is 33.5. The highest BCUT2D eigenvalue weighted by molar-refractivity contribution is 7.26. The van der Waals surface area contributed by atoms with Crippen molar-refractivity contribution in [1.82, 2.24) is 14.5 Å². The van der Waals surface area contributed by atoms with Crippen LogP contribution in [0.3, 0.4) is 0 Å². The molecule has 238 valence electrons. The summed E-state index contributed by atoms with van der Waals surface area (Å²) in [5, 5.41) is 7.05. The van der Waals surface area contributed by atoms with Crippen molar-refractivity contribution in [2.75, 3.05) is 0 Å². The summed E-state index contributed by atoms with van der Waals surface area (Å²) < 4.78 is 11.2. The molecule has 0 aliphatic heterocycles. The molecule has 0 bridgehead atoms. The second kappa shape index (κ2) is 11.0. The van der Waals surface area contributed by atoms with Gasteiger partial charge in [-0.3, -0.25) is 0 Å². The summed E-state index contributed by atoms with van der Waals surface area (Å²) in [6, 6.07) is 57.7. The Balaban J connectivity index is 1.17. The molecule has 0 aliphatic rings. The monoisotopic (exact) mass is 669 g/mol. The number of hydrogen-bond donors (Lipinski definition) is 0. The Hall–Kier alpha value is -6.56. The van der Waals surface area contributed by atoms with E-state index in [0.717, 1.165) is 61.2 Å². The Kier molecular flexibility index (Phi) is 6.09. The number of aromatic nitrogens is 3. The van der Waals surface area contributed by atoms with Gasteiger partial charge in [0.2, 0.25) is 0 Å². The summed E-state index contributed by atoms with van der Waals surface area (Å²) in [5.74, 6) is 0.715. The molecule has 5 heteroatoms. The predicted molar refractivity (Wildman–Crippen MR) is 213 cm³/mol. The molecule has 11 aromatic rings. The van der Waals surface area contributed by atoms with Crippen LogP contribution in [0, 0.1) is 0 Å². The van der Waals surface area contributed by atoms with E-state index in [1.165, 1.54) is 36.5 Å². The molecule has 11 rings (SSSR count). The molecule has 0 amide bonds. The van der Waals surface area contributed by atoms with Crippen molar-refractivity contribution in [2.24, 2.45) is 0 Å². The van der Waals surface area contributed by atoms with E-state index >= 15 is 0 Å². The third-order valence-electron chi connectivity index (χ3n) is 10.0. The largest absolute Gasteiger partial charge is 0.456 e. The smallest absolute Gasteiger partial charge is 0.160 e.